The van der Waals surface area contributed by atoms with Crippen LogP contribution in [-0.2, 0) is 10.4 Å². The van der Waals surface area contributed by atoms with Crippen molar-refractivity contribution in [3.8, 4) is 0 Å². The summed E-state index contributed by atoms with van der Waals surface area (Å²) in [7, 11) is 0. The van der Waals surface area contributed by atoms with E-state index in [0.29, 0.717) is 11.3 Å². The summed E-state index contributed by atoms with van der Waals surface area (Å²) in [6.07, 6.45) is -0.432. The van der Waals surface area contributed by atoms with Gasteiger partial charge in [0, 0.05) is 16.8 Å². The third-order valence-corrected chi connectivity index (χ3v) is 3.84. The Morgan fingerprint density at radius 3 is 2.59 bits per heavy atom. The molecule has 2 aromatic carbocycles. The Bertz CT molecular complexity index is 770. The highest BCUT2D eigenvalue weighted by atomic mass is 19.1. The summed E-state index contributed by atoms with van der Waals surface area (Å²) in [6.45, 7) is 1.89. The van der Waals surface area contributed by atoms with Gasteiger partial charge in [0.1, 0.15) is 5.82 Å². The Morgan fingerprint density at radius 1 is 1.23 bits per heavy atom. The molecule has 112 valence electrons. The fourth-order valence-corrected chi connectivity index (χ4v) is 2.57. The maximum Gasteiger partial charge on any atom is 0.261 e. The van der Waals surface area contributed by atoms with E-state index >= 15 is 0 Å². The summed E-state index contributed by atoms with van der Waals surface area (Å²) in [6, 6.07) is 10.5. The average molecular weight is 299 g/mol. The van der Waals surface area contributed by atoms with Crippen LogP contribution in [0.4, 0.5) is 10.1 Å². The van der Waals surface area contributed by atoms with Crippen molar-refractivity contribution in [2.45, 2.75) is 18.9 Å². The van der Waals surface area contributed by atoms with Gasteiger partial charge < -0.3 is 10.4 Å². The Balaban J connectivity index is 1.94. The van der Waals surface area contributed by atoms with Crippen LogP contribution in [0.3, 0.4) is 0 Å². The average Bonchev–Trinajstić information content (AvgIpc) is 2.71. The van der Waals surface area contributed by atoms with E-state index in [0.717, 1.165) is 11.6 Å². The topological polar surface area (TPSA) is 66.4 Å². The van der Waals surface area contributed by atoms with Gasteiger partial charge >= 0.3 is 0 Å². The number of hydrogen-bond acceptors (Lipinski definition) is 3. The second-order valence-corrected chi connectivity index (χ2v) is 5.47. The molecule has 0 saturated carbocycles. The summed E-state index contributed by atoms with van der Waals surface area (Å²) in [5, 5.41) is 13.1. The van der Waals surface area contributed by atoms with Crippen LogP contribution in [0.2, 0.25) is 0 Å². The van der Waals surface area contributed by atoms with E-state index in [2.05, 4.69) is 5.32 Å². The largest absolute Gasteiger partial charge is 0.375 e. The SMILES string of the molecule is Cc1ccc(C(=O)CC2(O)C(=O)Nc3ccc(F)cc32)cc1. The molecule has 1 unspecified atom stereocenters. The fraction of sp³-hybridized carbons (Fsp3) is 0.176. The smallest absolute Gasteiger partial charge is 0.261 e. The maximum absolute atomic E-state index is 13.4. The predicted molar refractivity (Wildman–Crippen MR) is 79.1 cm³/mol. The number of hydrogen-bond donors (Lipinski definition) is 2. The summed E-state index contributed by atoms with van der Waals surface area (Å²) >= 11 is 0. The number of aliphatic hydroxyl groups is 1. The summed E-state index contributed by atoms with van der Waals surface area (Å²) in [4.78, 5) is 24.4. The quantitative estimate of drug-likeness (QED) is 0.856. The number of ketones is 1. The summed E-state index contributed by atoms with van der Waals surface area (Å²) in [5.41, 5.74) is -0.221. The minimum Gasteiger partial charge on any atom is -0.375 e. The normalized spacial score (nSPS) is 19.7. The van der Waals surface area contributed by atoms with Gasteiger partial charge in [-0.15, -0.1) is 0 Å². The van der Waals surface area contributed by atoms with E-state index in [1.165, 1.54) is 12.1 Å². The molecule has 1 aliphatic rings. The van der Waals surface area contributed by atoms with Crippen LogP contribution in [0.25, 0.3) is 0 Å². The highest BCUT2D eigenvalue weighted by molar-refractivity contribution is 6.09. The number of rotatable bonds is 3. The minimum atomic E-state index is -2.04. The number of aryl methyl sites for hydroxylation is 1. The van der Waals surface area contributed by atoms with Crippen LogP contribution < -0.4 is 5.32 Å². The molecule has 4 nitrogen and oxygen atoms in total. The molecule has 2 aromatic rings. The number of fused-ring (bicyclic) bond motifs is 1. The Labute approximate surface area is 126 Å². The Kier molecular flexibility index (Phi) is 3.30. The van der Waals surface area contributed by atoms with Gasteiger partial charge in [-0.1, -0.05) is 29.8 Å². The lowest BCUT2D eigenvalue weighted by Crippen LogP contribution is -2.36. The van der Waals surface area contributed by atoms with E-state index in [4.69, 9.17) is 0 Å². The molecule has 1 aliphatic heterocycles. The standard InChI is InChI=1S/C17H14FNO3/c1-10-2-4-11(5-3-10)15(20)9-17(22)13-8-12(18)6-7-14(13)19-16(17)21/h2-8,22H,9H2,1H3,(H,19,21). The number of Topliss-reactive ketones (excluding diaryl/α,β-unsaturated/α-hetero) is 1. The maximum atomic E-state index is 13.4. The van der Waals surface area contributed by atoms with Gasteiger partial charge in [0.05, 0.1) is 6.42 Å². The lowest BCUT2D eigenvalue weighted by molar-refractivity contribution is -0.133. The predicted octanol–water partition coefficient (Wildman–Crippen LogP) is 2.55. The molecule has 0 spiro atoms. The zero-order chi connectivity index (χ0) is 15.9. The van der Waals surface area contributed by atoms with Crippen molar-refractivity contribution in [3.63, 3.8) is 0 Å². The molecule has 2 N–H and O–H groups in total. The lowest BCUT2D eigenvalue weighted by atomic mass is 9.88. The van der Waals surface area contributed by atoms with Gasteiger partial charge in [-0.2, -0.15) is 0 Å². The molecule has 0 radical (unpaired) electrons. The second-order valence-electron chi connectivity index (χ2n) is 5.47. The third kappa shape index (κ3) is 2.29. The lowest BCUT2D eigenvalue weighted by Gasteiger charge is -2.20. The van der Waals surface area contributed by atoms with Crippen molar-refractivity contribution in [3.05, 3.63) is 65.0 Å². The molecule has 0 aromatic heterocycles. The van der Waals surface area contributed by atoms with Crippen molar-refractivity contribution in [1.82, 2.24) is 0 Å². The zero-order valence-corrected chi connectivity index (χ0v) is 11.9. The second kappa shape index (κ2) is 5.03. The monoisotopic (exact) mass is 299 g/mol. The molecule has 5 heteroatoms. The highest BCUT2D eigenvalue weighted by Crippen LogP contribution is 2.39. The van der Waals surface area contributed by atoms with Crippen molar-refractivity contribution < 1.29 is 19.1 Å². The van der Waals surface area contributed by atoms with Gasteiger partial charge in [-0.25, -0.2) is 4.39 Å². The molecule has 0 aliphatic carbocycles. The zero-order valence-electron chi connectivity index (χ0n) is 11.9. The molecule has 3 rings (SSSR count). The number of carbonyl (C=O) groups is 2. The van der Waals surface area contributed by atoms with Crippen LogP contribution in [0.15, 0.2) is 42.5 Å². The van der Waals surface area contributed by atoms with E-state index in [1.54, 1.807) is 24.3 Å². The van der Waals surface area contributed by atoms with Crippen molar-refractivity contribution in [2.24, 2.45) is 0 Å². The molecule has 1 amide bonds. The number of nitrogens with one attached hydrogen (secondary N) is 1. The van der Waals surface area contributed by atoms with Crippen LogP contribution in [0, 0.1) is 12.7 Å². The van der Waals surface area contributed by atoms with Crippen molar-refractivity contribution in [1.29, 1.82) is 0 Å². The first kappa shape index (κ1) is 14.4. The van der Waals surface area contributed by atoms with Gasteiger partial charge in [0.2, 0.25) is 0 Å². The van der Waals surface area contributed by atoms with Gasteiger partial charge in [0.15, 0.2) is 11.4 Å². The Hall–Kier alpha value is -2.53. The first-order valence-electron chi connectivity index (χ1n) is 6.84. The van der Waals surface area contributed by atoms with Crippen LogP contribution in [0.5, 0.6) is 0 Å². The van der Waals surface area contributed by atoms with E-state index < -0.39 is 23.7 Å². The van der Waals surface area contributed by atoms with E-state index in [-0.39, 0.29) is 11.3 Å². The molecular weight excluding hydrogens is 285 g/mol. The molecular formula is C17H14FNO3. The molecule has 1 heterocycles. The van der Waals surface area contributed by atoms with Crippen molar-refractivity contribution >= 4 is 17.4 Å². The van der Waals surface area contributed by atoms with Gasteiger partial charge in [-0.3, -0.25) is 9.59 Å². The van der Waals surface area contributed by atoms with Crippen LogP contribution in [-0.4, -0.2) is 16.8 Å². The van der Waals surface area contributed by atoms with Gasteiger partial charge in [0.25, 0.3) is 5.91 Å². The van der Waals surface area contributed by atoms with E-state index in [1.807, 2.05) is 6.92 Å². The molecule has 1 atom stereocenters. The first-order valence-corrected chi connectivity index (χ1v) is 6.84. The molecule has 0 bridgehead atoms. The number of carbonyl (C=O) groups excluding carboxylic acids is 2. The number of benzene rings is 2. The number of halogens is 1. The molecule has 22 heavy (non-hydrogen) atoms. The van der Waals surface area contributed by atoms with Crippen LogP contribution >= 0.6 is 0 Å². The van der Waals surface area contributed by atoms with E-state index in [9.17, 15) is 19.1 Å². The molecule has 0 fully saturated rings. The highest BCUT2D eigenvalue weighted by Gasteiger charge is 2.47. The third-order valence-electron chi connectivity index (χ3n) is 3.84. The summed E-state index contributed by atoms with van der Waals surface area (Å²) < 4.78 is 13.4. The van der Waals surface area contributed by atoms with Crippen LogP contribution in [0.1, 0.15) is 27.9 Å². The summed E-state index contributed by atoms with van der Waals surface area (Å²) in [5.74, 6) is -1.67. The fourth-order valence-electron chi connectivity index (χ4n) is 2.57. The first-order chi connectivity index (χ1) is 10.4. The number of amides is 1. The molecule has 0 saturated heterocycles. The Morgan fingerprint density at radius 2 is 1.91 bits per heavy atom. The minimum absolute atomic E-state index is 0.0953. The number of anilines is 1. The van der Waals surface area contributed by atoms with Gasteiger partial charge in [-0.05, 0) is 25.1 Å². The van der Waals surface area contributed by atoms with Crippen molar-refractivity contribution in [2.75, 3.05) is 5.32 Å².